The average molecular weight is 354 g/mol. The quantitative estimate of drug-likeness (QED) is 0.294. The Kier molecular flexibility index (Phi) is 8.93. The summed E-state index contributed by atoms with van der Waals surface area (Å²) in [5.41, 5.74) is 0. The van der Waals surface area contributed by atoms with Crippen LogP contribution in [0.2, 0.25) is 0 Å². The number of hydrogen-bond acceptors (Lipinski definition) is 4. The Morgan fingerprint density at radius 3 is 2.64 bits per heavy atom. The fourth-order valence-corrected chi connectivity index (χ4v) is 4.05. The van der Waals surface area contributed by atoms with E-state index in [9.17, 15) is 9.90 Å². The summed E-state index contributed by atoms with van der Waals surface area (Å²) >= 11 is 0. The van der Waals surface area contributed by atoms with Crippen LogP contribution < -0.4 is 0 Å². The summed E-state index contributed by atoms with van der Waals surface area (Å²) < 4.78 is 0. The summed E-state index contributed by atoms with van der Waals surface area (Å²) in [7, 11) is 0. The monoisotopic (exact) mass is 354 g/mol. The average Bonchev–Trinajstić information content (AvgIpc) is 3.17. The lowest BCUT2D eigenvalue weighted by Gasteiger charge is -2.28. The van der Waals surface area contributed by atoms with Crippen LogP contribution >= 0.6 is 0 Å². The van der Waals surface area contributed by atoms with Crippen molar-refractivity contribution in [3.63, 3.8) is 0 Å². The molecule has 2 aliphatic rings. The molecule has 5 heteroatoms. The van der Waals surface area contributed by atoms with Crippen LogP contribution in [0.4, 0.5) is 0 Å². The molecular weight excluding hydrogens is 320 g/mol. The van der Waals surface area contributed by atoms with Gasteiger partial charge in [-0.2, -0.15) is 0 Å². The lowest BCUT2D eigenvalue weighted by Crippen LogP contribution is -2.29. The molecule has 2 rings (SSSR count). The van der Waals surface area contributed by atoms with Crippen molar-refractivity contribution in [2.24, 2.45) is 11.8 Å². The van der Waals surface area contributed by atoms with Gasteiger partial charge in [0.1, 0.15) is 6.10 Å². The van der Waals surface area contributed by atoms with Gasteiger partial charge in [-0.05, 0) is 25.2 Å². The second-order valence-electron chi connectivity index (χ2n) is 7.54. The zero-order valence-electron chi connectivity index (χ0n) is 15.4. The fraction of sp³-hybridized carbons (Fsp3) is 0.850. The van der Waals surface area contributed by atoms with Gasteiger partial charge in [-0.1, -0.05) is 57.6 Å². The molecule has 1 saturated heterocycles. The molecule has 2 fully saturated rings. The molecule has 144 valence electrons. The minimum Gasteiger partial charge on any atom is -0.481 e. The van der Waals surface area contributed by atoms with E-state index in [1.807, 2.05) is 6.08 Å². The van der Waals surface area contributed by atoms with Gasteiger partial charge in [0.25, 0.3) is 0 Å². The molecule has 0 aromatic rings. The predicted molar refractivity (Wildman–Crippen MR) is 96.0 cm³/mol. The normalized spacial score (nSPS) is 29.5. The third-order valence-corrected chi connectivity index (χ3v) is 5.51. The van der Waals surface area contributed by atoms with E-state index in [0.717, 1.165) is 51.4 Å². The van der Waals surface area contributed by atoms with E-state index in [-0.39, 0.29) is 24.7 Å². The van der Waals surface area contributed by atoms with Crippen molar-refractivity contribution in [3.05, 3.63) is 12.2 Å². The van der Waals surface area contributed by atoms with Gasteiger partial charge in [0.05, 0.1) is 12.2 Å². The summed E-state index contributed by atoms with van der Waals surface area (Å²) in [4.78, 5) is 21.3. The van der Waals surface area contributed by atoms with E-state index < -0.39 is 5.97 Å². The Hall–Kier alpha value is -0.910. The summed E-state index contributed by atoms with van der Waals surface area (Å²) in [6.45, 7) is 2.17. The highest BCUT2D eigenvalue weighted by molar-refractivity contribution is 5.66. The minimum absolute atomic E-state index is 0.126. The standard InChI is InChI=1S/C20H34O5/c1-2-3-6-9-15(21)12-13-17-16(18-14-19(17)25-24-18)10-7-4-5-8-11-20(22)23/h12-13,15-19,21H,2-11,14H2,1H3,(H,22,23)/b13-12+/t15-,16+,17+,18?,19?/m0/s1. The number of carbonyl (C=O) groups is 1. The Morgan fingerprint density at radius 1 is 1.12 bits per heavy atom. The number of aliphatic carboxylic acids is 1. The van der Waals surface area contributed by atoms with Crippen molar-refractivity contribution in [2.75, 3.05) is 0 Å². The second-order valence-corrected chi connectivity index (χ2v) is 7.54. The highest BCUT2D eigenvalue weighted by atomic mass is 17.2. The van der Waals surface area contributed by atoms with E-state index in [1.165, 1.54) is 12.8 Å². The second kappa shape index (κ2) is 10.9. The maximum Gasteiger partial charge on any atom is 0.303 e. The molecule has 2 unspecified atom stereocenters. The third-order valence-electron chi connectivity index (χ3n) is 5.51. The summed E-state index contributed by atoms with van der Waals surface area (Å²) in [6.07, 6.45) is 14.5. The van der Waals surface area contributed by atoms with Gasteiger partial charge < -0.3 is 10.2 Å². The van der Waals surface area contributed by atoms with Crippen LogP contribution in [0.15, 0.2) is 12.2 Å². The van der Waals surface area contributed by atoms with E-state index in [0.29, 0.717) is 11.8 Å². The van der Waals surface area contributed by atoms with Gasteiger partial charge in [-0.3, -0.25) is 4.79 Å². The first kappa shape index (κ1) is 20.4. The summed E-state index contributed by atoms with van der Waals surface area (Å²) in [5, 5.41) is 18.8. The van der Waals surface area contributed by atoms with Crippen LogP contribution in [0.1, 0.15) is 77.6 Å². The zero-order chi connectivity index (χ0) is 18.1. The minimum atomic E-state index is -0.707. The molecule has 0 aromatic carbocycles. The first-order valence-electron chi connectivity index (χ1n) is 10.0. The van der Waals surface area contributed by atoms with Crippen LogP contribution in [-0.4, -0.2) is 34.5 Å². The van der Waals surface area contributed by atoms with E-state index in [4.69, 9.17) is 14.9 Å². The van der Waals surface area contributed by atoms with Crippen molar-refractivity contribution in [3.8, 4) is 0 Å². The first-order valence-corrected chi connectivity index (χ1v) is 10.0. The topological polar surface area (TPSA) is 76.0 Å². The Morgan fingerprint density at radius 2 is 1.88 bits per heavy atom. The SMILES string of the molecule is CCCCC[C@H](O)/C=C/[C@H]1C2CC(OO2)[C@@H]1CCCCCCC(=O)O. The molecule has 25 heavy (non-hydrogen) atoms. The molecule has 5 nitrogen and oxygen atoms in total. The Balaban J connectivity index is 1.71. The van der Waals surface area contributed by atoms with E-state index in [2.05, 4.69) is 13.0 Å². The smallest absolute Gasteiger partial charge is 0.303 e. The van der Waals surface area contributed by atoms with Crippen molar-refractivity contribution in [2.45, 2.75) is 95.9 Å². The van der Waals surface area contributed by atoms with Gasteiger partial charge in [0, 0.05) is 18.8 Å². The molecule has 1 saturated carbocycles. The molecule has 0 spiro atoms. The van der Waals surface area contributed by atoms with Crippen LogP contribution in [0.25, 0.3) is 0 Å². The number of fused-ring (bicyclic) bond motifs is 2. The number of unbranched alkanes of at least 4 members (excludes halogenated alkanes) is 5. The number of carboxylic acids is 1. The molecule has 2 bridgehead atoms. The maximum absolute atomic E-state index is 10.5. The Bertz CT molecular complexity index is 422. The first-order chi connectivity index (χ1) is 12.1. The van der Waals surface area contributed by atoms with Crippen LogP contribution in [0.5, 0.6) is 0 Å². The molecule has 0 aromatic heterocycles. The lowest BCUT2D eigenvalue weighted by atomic mass is 9.87. The van der Waals surface area contributed by atoms with Gasteiger partial charge in [-0.15, -0.1) is 0 Å². The van der Waals surface area contributed by atoms with Gasteiger partial charge in [0.15, 0.2) is 0 Å². The molecule has 0 radical (unpaired) electrons. The van der Waals surface area contributed by atoms with Crippen LogP contribution in [0, 0.1) is 11.8 Å². The van der Waals surface area contributed by atoms with E-state index in [1.54, 1.807) is 0 Å². The highest BCUT2D eigenvalue weighted by Gasteiger charge is 2.49. The predicted octanol–water partition coefficient (Wildman–Crippen LogP) is 4.24. The molecule has 1 aliphatic heterocycles. The van der Waals surface area contributed by atoms with Crippen molar-refractivity contribution < 1.29 is 24.8 Å². The summed E-state index contributed by atoms with van der Waals surface area (Å²) in [6, 6.07) is 0. The molecule has 0 amide bonds. The maximum atomic E-state index is 10.5. The van der Waals surface area contributed by atoms with Crippen molar-refractivity contribution in [1.82, 2.24) is 0 Å². The summed E-state index contributed by atoms with van der Waals surface area (Å²) in [5.74, 6) is 0.0808. The largest absolute Gasteiger partial charge is 0.481 e. The van der Waals surface area contributed by atoms with Crippen molar-refractivity contribution in [1.29, 1.82) is 0 Å². The van der Waals surface area contributed by atoms with Crippen molar-refractivity contribution >= 4 is 5.97 Å². The molecule has 1 aliphatic carbocycles. The Labute approximate surface area is 151 Å². The van der Waals surface area contributed by atoms with Gasteiger partial charge >= 0.3 is 5.97 Å². The number of rotatable bonds is 13. The lowest BCUT2D eigenvalue weighted by molar-refractivity contribution is -0.337. The molecule has 2 N–H and O–H groups in total. The van der Waals surface area contributed by atoms with E-state index >= 15 is 0 Å². The number of carboxylic acid groups (broad SMARTS) is 1. The number of hydrogen-bond donors (Lipinski definition) is 2. The van der Waals surface area contributed by atoms with Crippen LogP contribution in [0.3, 0.4) is 0 Å². The molecule has 1 heterocycles. The number of aliphatic hydroxyl groups is 1. The fourth-order valence-electron chi connectivity index (χ4n) is 4.05. The molecule has 5 atom stereocenters. The molecular formula is C20H34O5. The van der Waals surface area contributed by atoms with Gasteiger partial charge in [0.2, 0.25) is 0 Å². The third kappa shape index (κ3) is 6.72. The number of aliphatic hydroxyl groups excluding tert-OH is 1. The zero-order valence-corrected chi connectivity index (χ0v) is 15.4. The highest BCUT2D eigenvalue weighted by Crippen LogP contribution is 2.45. The van der Waals surface area contributed by atoms with Gasteiger partial charge in [-0.25, -0.2) is 9.78 Å². The van der Waals surface area contributed by atoms with Crippen LogP contribution in [-0.2, 0) is 14.6 Å².